The summed E-state index contributed by atoms with van der Waals surface area (Å²) in [4.78, 5) is 44.2. The van der Waals surface area contributed by atoms with Crippen molar-refractivity contribution in [3.63, 3.8) is 0 Å². The molecule has 5 atom stereocenters. The molecule has 1 amide bonds. The zero-order valence-corrected chi connectivity index (χ0v) is 20.5. The first-order chi connectivity index (χ1) is 14.9. The number of amides is 1. The van der Waals surface area contributed by atoms with Gasteiger partial charge in [0.1, 0.15) is 24.1 Å². The van der Waals surface area contributed by atoms with E-state index in [-0.39, 0.29) is 36.1 Å². The number of hydrogen-bond acceptors (Lipinski definition) is 7. The summed E-state index contributed by atoms with van der Waals surface area (Å²) < 4.78 is 7.95. The van der Waals surface area contributed by atoms with Crippen molar-refractivity contribution in [2.24, 2.45) is 4.99 Å². The molecule has 4 fully saturated rings. The number of piperidine rings is 1. The highest BCUT2D eigenvalue weighted by Crippen LogP contribution is 2.51. The second-order valence-electron chi connectivity index (χ2n) is 9.00. The molecule has 2 bridgehead atoms. The van der Waals surface area contributed by atoms with Gasteiger partial charge in [0, 0.05) is 29.7 Å². The first-order valence-corrected chi connectivity index (χ1v) is 12.3. The number of hydrogen-bond donors (Lipinski definition) is 1. The van der Waals surface area contributed by atoms with Crippen LogP contribution in [-0.2, 0) is 19.1 Å². The lowest BCUT2D eigenvalue weighted by molar-refractivity contribution is -0.158. The summed E-state index contributed by atoms with van der Waals surface area (Å²) in [5.41, 5.74) is 0. The molecule has 0 aromatic rings. The average Bonchev–Trinajstić information content (AvgIpc) is 3.06. The summed E-state index contributed by atoms with van der Waals surface area (Å²) in [5.74, 6) is -1.24. The van der Waals surface area contributed by atoms with Crippen LogP contribution in [0.2, 0.25) is 0 Å². The van der Waals surface area contributed by atoms with Crippen LogP contribution in [0.3, 0.4) is 0 Å². The van der Waals surface area contributed by atoms with Gasteiger partial charge in [-0.3, -0.25) is 9.79 Å². The van der Waals surface area contributed by atoms with Crippen LogP contribution >= 0.6 is 46.6 Å². The van der Waals surface area contributed by atoms with Gasteiger partial charge in [0.2, 0.25) is 3.79 Å². The summed E-state index contributed by atoms with van der Waals surface area (Å²) in [6, 6.07) is -1.15. The third-order valence-electron chi connectivity index (χ3n) is 6.37. The van der Waals surface area contributed by atoms with Gasteiger partial charge in [0.25, 0.3) is 5.91 Å². The fourth-order valence-electron chi connectivity index (χ4n) is 5.04. The Hall–Kier alpha value is -1.10. The predicted molar refractivity (Wildman–Crippen MR) is 120 cm³/mol. The molecule has 13 heteroatoms. The molecule has 0 saturated carbocycles. The molecule has 4 rings (SSSR count). The van der Waals surface area contributed by atoms with Crippen molar-refractivity contribution >= 4 is 70.9 Å². The zero-order chi connectivity index (χ0) is 23.4. The number of alkyl halides is 3. The van der Waals surface area contributed by atoms with E-state index in [0.717, 1.165) is 12.8 Å². The summed E-state index contributed by atoms with van der Waals surface area (Å²) >= 11 is 18.2. The van der Waals surface area contributed by atoms with Crippen molar-refractivity contribution in [1.82, 2.24) is 9.80 Å². The lowest BCUT2D eigenvalue weighted by Crippen LogP contribution is -2.65. The molecular formula is C19H24Cl3N3O6S. The number of halogens is 3. The van der Waals surface area contributed by atoms with E-state index in [1.54, 1.807) is 6.34 Å². The van der Waals surface area contributed by atoms with E-state index in [4.69, 9.17) is 44.3 Å². The van der Waals surface area contributed by atoms with Gasteiger partial charge in [-0.1, -0.05) is 34.8 Å². The standard InChI is InChI=1S/C19H24Cl3N3O6S/c1-18(2)13(16(27)28)25-14(26)12(15(25)32-18)23-8-24-9-3-4-10(24)6-11(5-9)31-17(29)30-7-19(20,21)22/h8-13,15H,3-7H2,1-2H3,(H,27,28)/t9?,10?,11?,12-,13-,15+/m0/s1. The summed E-state index contributed by atoms with van der Waals surface area (Å²) in [6.45, 7) is 3.29. The number of rotatable bonds is 5. The molecule has 4 aliphatic rings. The smallest absolute Gasteiger partial charge is 0.480 e. The number of aliphatic carboxylic acids is 1. The van der Waals surface area contributed by atoms with E-state index >= 15 is 0 Å². The monoisotopic (exact) mass is 527 g/mol. The highest BCUT2D eigenvalue weighted by molar-refractivity contribution is 8.01. The molecule has 0 aromatic heterocycles. The lowest BCUT2D eigenvalue weighted by atomic mass is 9.96. The number of carboxylic acid groups (broad SMARTS) is 1. The minimum atomic E-state index is -1.69. The highest BCUT2D eigenvalue weighted by Gasteiger charge is 2.64. The Kier molecular flexibility index (Phi) is 6.46. The van der Waals surface area contributed by atoms with Crippen molar-refractivity contribution in [3.8, 4) is 0 Å². The molecule has 178 valence electrons. The lowest BCUT2D eigenvalue weighted by Gasteiger charge is -2.42. The molecule has 9 nitrogen and oxygen atoms in total. The van der Waals surface area contributed by atoms with Crippen LogP contribution < -0.4 is 0 Å². The second kappa shape index (κ2) is 8.60. The Balaban J connectivity index is 1.33. The largest absolute Gasteiger partial charge is 0.508 e. The van der Waals surface area contributed by atoms with Crippen molar-refractivity contribution in [2.45, 2.75) is 83.7 Å². The van der Waals surface area contributed by atoms with E-state index in [0.29, 0.717) is 12.8 Å². The number of thioether (sulfide) groups is 1. The summed E-state index contributed by atoms with van der Waals surface area (Å²) in [7, 11) is 0. The number of carbonyl (C=O) groups is 3. The molecule has 4 heterocycles. The van der Waals surface area contributed by atoms with Crippen molar-refractivity contribution in [2.75, 3.05) is 6.61 Å². The number of carboxylic acids is 1. The quantitative estimate of drug-likeness (QED) is 0.191. The minimum Gasteiger partial charge on any atom is -0.480 e. The van der Waals surface area contributed by atoms with Crippen LogP contribution in [0.15, 0.2) is 4.99 Å². The Morgan fingerprint density at radius 2 is 1.91 bits per heavy atom. The van der Waals surface area contributed by atoms with Gasteiger partial charge in [0.05, 0.1) is 6.34 Å². The molecule has 0 radical (unpaired) electrons. The number of β-lactam (4-membered cyclic amide) rings is 1. The van der Waals surface area contributed by atoms with Crippen molar-refractivity contribution in [1.29, 1.82) is 0 Å². The van der Waals surface area contributed by atoms with E-state index in [1.165, 1.54) is 16.7 Å². The Bertz CT molecular complexity index is 824. The number of carbonyl (C=O) groups excluding carboxylic acids is 2. The minimum absolute atomic E-state index is 0.134. The Morgan fingerprint density at radius 3 is 2.47 bits per heavy atom. The van der Waals surface area contributed by atoms with Crippen molar-refractivity contribution in [3.05, 3.63) is 0 Å². The van der Waals surface area contributed by atoms with Crippen molar-refractivity contribution < 1.29 is 29.0 Å². The first kappa shape index (κ1) is 24.0. The normalized spacial score (nSPS) is 35.6. The molecule has 2 unspecified atom stereocenters. The highest BCUT2D eigenvalue weighted by atomic mass is 35.6. The molecule has 0 aromatic carbocycles. The second-order valence-corrected chi connectivity index (χ2v) is 13.3. The van der Waals surface area contributed by atoms with Gasteiger partial charge in [-0.05, 0) is 26.7 Å². The van der Waals surface area contributed by atoms with Gasteiger partial charge in [0.15, 0.2) is 6.04 Å². The maximum atomic E-state index is 12.6. The molecule has 32 heavy (non-hydrogen) atoms. The SMILES string of the molecule is CC1(C)S[C@@H]2[C@@H](N=CN3C4CCC3CC(OC(=O)OCC(Cl)(Cl)Cl)C4)C(=O)N2[C@H]1C(=O)O. The first-order valence-electron chi connectivity index (χ1n) is 10.3. The van der Waals surface area contributed by atoms with Gasteiger partial charge in [-0.2, -0.15) is 0 Å². The molecule has 1 N–H and O–H groups in total. The van der Waals surface area contributed by atoms with E-state index in [2.05, 4.69) is 9.89 Å². The zero-order valence-electron chi connectivity index (χ0n) is 17.4. The van der Waals surface area contributed by atoms with Crippen LogP contribution in [0.25, 0.3) is 0 Å². The topological polar surface area (TPSA) is 109 Å². The third-order valence-corrected chi connectivity index (χ3v) is 8.25. The Morgan fingerprint density at radius 1 is 1.28 bits per heavy atom. The van der Waals surface area contributed by atoms with E-state index in [1.807, 2.05) is 13.8 Å². The number of nitrogens with zero attached hydrogens (tertiary/aromatic N) is 3. The number of fused-ring (bicyclic) bond motifs is 3. The molecule has 0 spiro atoms. The third kappa shape index (κ3) is 4.60. The van der Waals surface area contributed by atoms with Gasteiger partial charge in [-0.25, -0.2) is 9.59 Å². The fraction of sp³-hybridized carbons (Fsp3) is 0.789. The van der Waals surface area contributed by atoms with E-state index in [9.17, 15) is 19.5 Å². The van der Waals surface area contributed by atoms with Crippen LogP contribution in [-0.4, -0.2) is 90.1 Å². The molecule has 4 aliphatic heterocycles. The summed E-state index contributed by atoms with van der Waals surface area (Å²) in [6.07, 6.45) is 3.64. The van der Waals surface area contributed by atoms with Gasteiger partial charge >= 0.3 is 12.1 Å². The number of aliphatic imine (C=N–C) groups is 1. The van der Waals surface area contributed by atoms with E-state index < -0.39 is 32.7 Å². The van der Waals surface area contributed by atoms with Gasteiger partial charge < -0.3 is 24.4 Å². The molecule has 4 saturated heterocycles. The predicted octanol–water partition coefficient (Wildman–Crippen LogP) is 3.05. The molecular weight excluding hydrogens is 505 g/mol. The molecule has 0 aliphatic carbocycles. The Labute approximate surface area is 204 Å². The van der Waals surface area contributed by atoms with Crippen LogP contribution in [0, 0.1) is 0 Å². The fourth-order valence-corrected chi connectivity index (χ4v) is 6.82. The maximum absolute atomic E-state index is 12.6. The van der Waals surface area contributed by atoms with Crippen LogP contribution in [0.1, 0.15) is 39.5 Å². The average molecular weight is 529 g/mol. The van der Waals surface area contributed by atoms with Gasteiger partial charge in [-0.15, -0.1) is 11.8 Å². The summed E-state index contributed by atoms with van der Waals surface area (Å²) in [5, 5.41) is 9.27. The number of ether oxygens (including phenoxy) is 2. The van der Waals surface area contributed by atoms with Crippen LogP contribution in [0.5, 0.6) is 0 Å². The van der Waals surface area contributed by atoms with Crippen LogP contribution in [0.4, 0.5) is 4.79 Å². The maximum Gasteiger partial charge on any atom is 0.508 e.